The molecule has 3 heterocycles. The Morgan fingerprint density at radius 3 is 2.48 bits per heavy atom. The molecule has 1 unspecified atom stereocenters. The Hall–Kier alpha value is -4.27. The SMILES string of the molecule is COC(=O)c1ccc(C2C(=C(O)c3c(C)n[nH]c3C)C(=O)C(=O)N2Cc2cccnc2)cc1. The van der Waals surface area contributed by atoms with Crippen LogP contribution in [0, 0.1) is 13.8 Å². The molecule has 3 aromatic rings. The largest absolute Gasteiger partial charge is 0.507 e. The molecular weight excluding hydrogens is 424 g/mol. The monoisotopic (exact) mass is 446 g/mol. The van der Waals surface area contributed by atoms with E-state index < -0.39 is 23.7 Å². The van der Waals surface area contributed by atoms with Gasteiger partial charge in [-0.3, -0.25) is 19.7 Å². The third-order valence-electron chi connectivity index (χ3n) is 5.63. The number of likely N-dealkylation sites (tertiary alicyclic amines) is 1. The molecule has 1 aromatic carbocycles. The fraction of sp³-hybridized carbons (Fsp3) is 0.208. The summed E-state index contributed by atoms with van der Waals surface area (Å²) >= 11 is 0. The third-order valence-corrected chi connectivity index (χ3v) is 5.63. The summed E-state index contributed by atoms with van der Waals surface area (Å²) < 4.78 is 4.75. The first-order valence-electron chi connectivity index (χ1n) is 10.2. The summed E-state index contributed by atoms with van der Waals surface area (Å²) in [6.45, 7) is 3.54. The number of aryl methyl sites for hydroxylation is 2. The minimum absolute atomic E-state index is 0.0395. The highest BCUT2D eigenvalue weighted by molar-refractivity contribution is 6.46. The van der Waals surface area contributed by atoms with Gasteiger partial charge in [0.1, 0.15) is 5.76 Å². The number of methoxy groups -OCH3 is 1. The number of pyridine rings is 1. The molecule has 1 fully saturated rings. The number of Topliss-reactive ketones (excluding diaryl/α,β-unsaturated/α-hetero) is 1. The maximum atomic E-state index is 13.1. The smallest absolute Gasteiger partial charge is 0.337 e. The van der Waals surface area contributed by atoms with Crippen LogP contribution < -0.4 is 0 Å². The van der Waals surface area contributed by atoms with Gasteiger partial charge >= 0.3 is 5.97 Å². The number of carbonyl (C=O) groups is 3. The van der Waals surface area contributed by atoms with Gasteiger partial charge in [-0.25, -0.2) is 4.79 Å². The quantitative estimate of drug-likeness (QED) is 0.267. The second-order valence-corrected chi connectivity index (χ2v) is 7.71. The highest BCUT2D eigenvalue weighted by atomic mass is 16.5. The normalized spacial score (nSPS) is 17.4. The second-order valence-electron chi connectivity index (χ2n) is 7.71. The van der Waals surface area contributed by atoms with Crippen LogP contribution in [0.2, 0.25) is 0 Å². The molecule has 1 amide bonds. The van der Waals surface area contributed by atoms with E-state index in [4.69, 9.17) is 4.74 Å². The molecule has 0 aliphatic carbocycles. The van der Waals surface area contributed by atoms with E-state index in [0.717, 1.165) is 5.56 Å². The Bertz CT molecular complexity index is 1240. The number of aromatic amines is 1. The van der Waals surface area contributed by atoms with E-state index in [0.29, 0.717) is 28.1 Å². The molecular formula is C24H22N4O5. The number of hydrogen-bond acceptors (Lipinski definition) is 7. The molecule has 9 nitrogen and oxygen atoms in total. The van der Waals surface area contributed by atoms with Gasteiger partial charge in [-0.05, 0) is 43.2 Å². The fourth-order valence-corrected chi connectivity index (χ4v) is 4.03. The zero-order valence-electron chi connectivity index (χ0n) is 18.3. The van der Waals surface area contributed by atoms with Gasteiger partial charge in [-0.2, -0.15) is 5.10 Å². The Morgan fingerprint density at radius 2 is 1.91 bits per heavy atom. The summed E-state index contributed by atoms with van der Waals surface area (Å²) in [6, 6.07) is 9.06. The van der Waals surface area contributed by atoms with Crippen LogP contribution in [-0.2, 0) is 20.9 Å². The van der Waals surface area contributed by atoms with E-state index in [2.05, 4.69) is 15.2 Å². The number of nitrogens with zero attached hydrogens (tertiary/aromatic N) is 3. The zero-order chi connectivity index (χ0) is 23.7. The number of amides is 1. The average Bonchev–Trinajstić information content (AvgIpc) is 3.29. The minimum atomic E-state index is -0.870. The van der Waals surface area contributed by atoms with Crippen molar-refractivity contribution in [3.8, 4) is 0 Å². The minimum Gasteiger partial charge on any atom is -0.507 e. The van der Waals surface area contributed by atoms with Crippen LogP contribution in [0.4, 0.5) is 0 Å². The molecule has 4 rings (SSSR count). The number of aromatic nitrogens is 3. The lowest BCUT2D eigenvalue weighted by Crippen LogP contribution is -2.29. The van der Waals surface area contributed by atoms with Crippen molar-refractivity contribution in [1.29, 1.82) is 0 Å². The number of benzene rings is 1. The predicted octanol–water partition coefficient (Wildman–Crippen LogP) is 2.83. The lowest BCUT2D eigenvalue weighted by atomic mass is 9.94. The number of nitrogens with one attached hydrogen (secondary N) is 1. The van der Waals surface area contributed by atoms with Gasteiger partial charge in [-0.1, -0.05) is 18.2 Å². The Morgan fingerprint density at radius 1 is 1.18 bits per heavy atom. The molecule has 9 heteroatoms. The fourth-order valence-electron chi connectivity index (χ4n) is 4.03. The molecule has 2 aromatic heterocycles. The van der Waals surface area contributed by atoms with Crippen molar-refractivity contribution in [1.82, 2.24) is 20.1 Å². The van der Waals surface area contributed by atoms with Gasteiger partial charge in [0, 0.05) is 24.6 Å². The van der Waals surface area contributed by atoms with E-state index in [1.165, 1.54) is 12.0 Å². The first-order chi connectivity index (χ1) is 15.8. The van der Waals surface area contributed by atoms with Crippen molar-refractivity contribution in [2.24, 2.45) is 0 Å². The van der Waals surface area contributed by atoms with Gasteiger partial charge in [0.25, 0.3) is 11.7 Å². The van der Waals surface area contributed by atoms with Crippen molar-refractivity contribution < 1.29 is 24.2 Å². The number of rotatable bonds is 5. The number of esters is 1. The van der Waals surface area contributed by atoms with Crippen molar-refractivity contribution in [3.63, 3.8) is 0 Å². The Labute approximate surface area is 189 Å². The molecule has 0 bridgehead atoms. The van der Waals surface area contributed by atoms with Gasteiger partial charge in [0.05, 0.1) is 35.5 Å². The van der Waals surface area contributed by atoms with E-state index in [1.54, 1.807) is 62.6 Å². The second kappa shape index (κ2) is 8.70. The van der Waals surface area contributed by atoms with Crippen LogP contribution in [0.3, 0.4) is 0 Å². The third kappa shape index (κ3) is 3.89. The topological polar surface area (TPSA) is 125 Å². The lowest BCUT2D eigenvalue weighted by Gasteiger charge is -2.25. The first kappa shape index (κ1) is 21.9. The summed E-state index contributed by atoms with van der Waals surface area (Å²) in [7, 11) is 1.29. The summed E-state index contributed by atoms with van der Waals surface area (Å²) in [6.07, 6.45) is 3.23. The molecule has 33 heavy (non-hydrogen) atoms. The van der Waals surface area contributed by atoms with Crippen LogP contribution in [0.5, 0.6) is 0 Å². The molecule has 1 aliphatic rings. The number of H-pyrrole nitrogens is 1. The number of ketones is 1. The van der Waals surface area contributed by atoms with Crippen LogP contribution in [0.25, 0.3) is 5.76 Å². The van der Waals surface area contributed by atoms with Gasteiger partial charge in [0.15, 0.2) is 0 Å². The molecule has 1 saturated heterocycles. The van der Waals surface area contributed by atoms with Crippen molar-refractivity contribution in [2.45, 2.75) is 26.4 Å². The molecule has 0 spiro atoms. The van der Waals surface area contributed by atoms with E-state index >= 15 is 0 Å². The van der Waals surface area contributed by atoms with Crippen molar-refractivity contribution >= 4 is 23.4 Å². The predicted molar refractivity (Wildman–Crippen MR) is 118 cm³/mol. The van der Waals surface area contributed by atoms with E-state index in [9.17, 15) is 19.5 Å². The number of hydrogen-bond donors (Lipinski definition) is 2. The summed E-state index contributed by atoms with van der Waals surface area (Å²) in [5.74, 6) is -2.33. The first-order valence-corrected chi connectivity index (χ1v) is 10.2. The maximum Gasteiger partial charge on any atom is 0.337 e. The van der Waals surface area contributed by atoms with Gasteiger partial charge in [0.2, 0.25) is 0 Å². The van der Waals surface area contributed by atoms with Crippen LogP contribution in [-0.4, -0.2) is 50.0 Å². The maximum absolute atomic E-state index is 13.1. The lowest BCUT2D eigenvalue weighted by molar-refractivity contribution is -0.140. The Balaban J connectivity index is 1.87. The highest BCUT2D eigenvalue weighted by Gasteiger charge is 2.46. The molecule has 0 saturated carbocycles. The van der Waals surface area contributed by atoms with Gasteiger partial charge in [-0.15, -0.1) is 0 Å². The van der Waals surface area contributed by atoms with Crippen LogP contribution in [0.15, 0.2) is 54.4 Å². The standard InChI is InChI=1S/C24H22N4O5/c1-13-18(14(2)27-26-13)21(29)19-20(16-6-8-17(9-7-16)24(32)33-3)28(23(31)22(19)30)12-15-5-4-10-25-11-15/h4-11,20,29H,12H2,1-3H3,(H,26,27). The number of aliphatic hydroxyl groups is 1. The molecule has 168 valence electrons. The number of ether oxygens (including phenoxy) is 1. The molecule has 2 N–H and O–H groups in total. The summed E-state index contributed by atoms with van der Waals surface area (Å²) in [5.41, 5.74) is 3.03. The summed E-state index contributed by atoms with van der Waals surface area (Å²) in [4.78, 5) is 43.5. The zero-order valence-corrected chi connectivity index (χ0v) is 18.3. The number of aliphatic hydroxyl groups excluding tert-OH is 1. The van der Waals surface area contributed by atoms with E-state index in [-0.39, 0.29) is 17.9 Å². The molecule has 1 atom stereocenters. The van der Waals surface area contributed by atoms with E-state index in [1.807, 2.05) is 0 Å². The van der Waals surface area contributed by atoms with Crippen LogP contribution in [0.1, 0.15) is 44.5 Å². The van der Waals surface area contributed by atoms with Crippen molar-refractivity contribution in [3.05, 3.63) is 88.0 Å². The number of carbonyl (C=O) groups excluding carboxylic acids is 3. The summed E-state index contributed by atoms with van der Waals surface area (Å²) in [5, 5.41) is 18.1. The average molecular weight is 446 g/mol. The van der Waals surface area contributed by atoms with Crippen molar-refractivity contribution in [2.75, 3.05) is 7.11 Å². The van der Waals surface area contributed by atoms with Crippen LogP contribution >= 0.6 is 0 Å². The van der Waals surface area contributed by atoms with Gasteiger partial charge < -0.3 is 14.7 Å². The highest BCUT2D eigenvalue weighted by Crippen LogP contribution is 2.41. The molecule has 1 aliphatic heterocycles. The molecule has 0 radical (unpaired) electrons. The Kier molecular flexibility index (Phi) is 5.78.